The van der Waals surface area contributed by atoms with E-state index in [2.05, 4.69) is 0 Å². The largest absolute Gasteiger partial charge is 0.445 e. The molecule has 0 spiro atoms. The number of amides is 1. The van der Waals surface area contributed by atoms with Crippen LogP contribution in [0.1, 0.15) is 43.7 Å². The van der Waals surface area contributed by atoms with E-state index in [4.69, 9.17) is 4.74 Å². The molecule has 3 rings (SSSR count). The van der Waals surface area contributed by atoms with E-state index in [-0.39, 0.29) is 11.9 Å². The van der Waals surface area contributed by atoms with Crippen LogP contribution in [0.15, 0.2) is 54.6 Å². The SMILES string of the molecule is C[C@](O)(CCC1CCN(C(=O)OCc2ccccc2)CC1)c1ccc(F)cc1. The fourth-order valence-electron chi connectivity index (χ4n) is 3.65. The second-order valence-corrected chi connectivity index (χ2v) is 7.79. The molecule has 1 fully saturated rings. The van der Waals surface area contributed by atoms with Crippen molar-refractivity contribution >= 4 is 6.09 Å². The Morgan fingerprint density at radius 3 is 2.43 bits per heavy atom. The molecule has 0 saturated carbocycles. The van der Waals surface area contributed by atoms with Gasteiger partial charge in [-0.2, -0.15) is 0 Å². The number of ether oxygens (including phenoxy) is 1. The van der Waals surface area contributed by atoms with Gasteiger partial charge in [0.1, 0.15) is 12.4 Å². The van der Waals surface area contributed by atoms with E-state index >= 15 is 0 Å². The number of carbonyl (C=O) groups is 1. The van der Waals surface area contributed by atoms with Gasteiger partial charge in [0.2, 0.25) is 0 Å². The number of piperidine rings is 1. The number of hydrogen-bond acceptors (Lipinski definition) is 3. The highest BCUT2D eigenvalue weighted by Crippen LogP contribution is 2.31. The fourth-order valence-corrected chi connectivity index (χ4v) is 3.65. The van der Waals surface area contributed by atoms with Crippen molar-refractivity contribution in [3.8, 4) is 0 Å². The molecule has 1 N–H and O–H groups in total. The summed E-state index contributed by atoms with van der Waals surface area (Å²) in [5.41, 5.74) is 0.740. The Labute approximate surface area is 165 Å². The molecule has 2 aromatic rings. The second-order valence-electron chi connectivity index (χ2n) is 7.79. The third kappa shape index (κ3) is 5.55. The summed E-state index contributed by atoms with van der Waals surface area (Å²) in [6.07, 6.45) is 3.03. The minimum Gasteiger partial charge on any atom is -0.445 e. The van der Waals surface area contributed by atoms with Crippen LogP contribution in [0.3, 0.4) is 0 Å². The zero-order valence-electron chi connectivity index (χ0n) is 16.3. The van der Waals surface area contributed by atoms with Crippen LogP contribution in [-0.2, 0) is 16.9 Å². The Balaban J connectivity index is 1.41. The molecule has 150 valence electrons. The Morgan fingerprint density at radius 2 is 1.79 bits per heavy atom. The Hall–Kier alpha value is -2.40. The van der Waals surface area contributed by atoms with Crippen molar-refractivity contribution in [3.05, 3.63) is 71.5 Å². The molecule has 28 heavy (non-hydrogen) atoms. The van der Waals surface area contributed by atoms with Crippen molar-refractivity contribution in [2.45, 2.75) is 44.8 Å². The third-order valence-electron chi connectivity index (χ3n) is 5.58. The Morgan fingerprint density at radius 1 is 1.14 bits per heavy atom. The molecule has 4 nitrogen and oxygen atoms in total. The van der Waals surface area contributed by atoms with Crippen LogP contribution in [0, 0.1) is 11.7 Å². The third-order valence-corrected chi connectivity index (χ3v) is 5.58. The van der Waals surface area contributed by atoms with E-state index < -0.39 is 5.60 Å². The standard InChI is InChI=1S/C23H28FNO3/c1-23(27,20-7-9-21(24)10-8-20)14-11-18-12-15-25(16-13-18)22(26)28-17-19-5-3-2-4-6-19/h2-10,18,27H,11-17H2,1H3/t23-/m0/s1. The summed E-state index contributed by atoms with van der Waals surface area (Å²) in [4.78, 5) is 14.0. The summed E-state index contributed by atoms with van der Waals surface area (Å²) in [6.45, 7) is 3.42. The lowest BCUT2D eigenvalue weighted by Gasteiger charge is -2.33. The van der Waals surface area contributed by atoms with Gasteiger partial charge in [0.15, 0.2) is 0 Å². The van der Waals surface area contributed by atoms with E-state index in [0.717, 1.165) is 30.4 Å². The molecule has 1 heterocycles. The van der Waals surface area contributed by atoms with E-state index in [1.807, 2.05) is 30.3 Å². The fraction of sp³-hybridized carbons (Fsp3) is 0.435. The number of rotatable bonds is 6. The van der Waals surface area contributed by atoms with Gasteiger partial charge in [0.05, 0.1) is 5.60 Å². The van der Waals surface area contributed by atoms with Crippen molar-refractivity contribution in [1.29, 1.82) is 0 Å². The Kier molecular flexibility index (Phi) is 6.68. The van der Waals surface area contributed by atoms with Gasteiger partial charge in [-0.15, -0.1) is 0 Å². The molecule has 0 radical (unpaired) electrons. The quantitative estimate of drug-likeness (QED) is 0.772. The lowest BCUT2D eigenvalue weighted by Crippen LogP contribution is -2.39. The number of halogens is 1. The zero-order chi connectivity index (χ0) is 20.0. The summed E-state index contributed by atoms with van der Waals surface area (Å²) >= 11 is 0. The molecule has 1 saturated heterocycles. The van der Waals surface area contributed by atoms with Crippen molar-refractivity contribution in [3.63, 3.8) is 0 Å². The first-order chi connectivity index (χ1) is 13.4. The number of hydrogen-bond donors (Lipinski definition) is 1. The van der Waals surface area contributed by atoms with Crippen molar-refractivity contribution < 1.29 is 19.0 Å². The van der Waals surface area contributed by atoms with Crippen molar-refractivity contribution in [2.24, 2.45) is 5.92 Å². The van der Waals surface area contributed by atoms with E-state index in [9.17, 15) is 14.3 Å². The molecule has 1 atom stereocenters. The lowest BCUT2D eigenvalue weighted by atomic mass is 9.84. The summed E-state index contributed by atoms with van der Waals surface area (Å²) in [5.74, 6) is 0.163. The van der Waals surface area contributed by atoms with Crippen molar-refractivity contribution in [2.75, 3.05) is 13.1 Å². The average Bonchev–Trinajstić information content (AvgIpc) is 2.72. The maximum absolute atomic E-state index is 13.1. The number of nitrogens with zero attached hydrogens (tertiary/aromatic N) is 1. The number of carbonyl (C=O) groups excluding carboxylic acids is 1. The molecular weight excluding hydrogens is 357 g/mol. The van der Waals surface area contributed by atoms with Crippen molar-refractivity contribution in [1.82, 2.24) is 4.90 Å². The van der Waals surface area contributed by atoms with Crippen LogP contribution in [0.25, 0.3) is 0 Å². The highest BCUT2D eigenvalue weighted by atomic mass is 19.1. The highest BCUT2D eigenvalue weighted by molar-refractivity contribution is 5.67. The first-order valence-electron chi connectivity index (χ1n) is 9.88. The summed E-state index contributed by atoms with van der Waals surface area (Å²) in [5, 5.41) is 10.7. The molecule has 1 aliphatic heterocycles. The predicted molar refractivity (Wildman–Crippen MR) is 106 cm³/mol. The first kappa shape index (κ1) is 20.3. The Bertz CT molecular complexity index is 753. The average molecular weight is 385 g/mol. The van der Waals surface area contributed by atoms with Gasteiger partial charge < -0.3 is 14.7 Å². The smallest absolute Gasteiger partial charge is 0.410 e. The molecule has 1 aliphatic rings. The molecule has 0 unspecified atom stereocenters. The normalized spacial score (nSPS) is 17.2. The maximum Gasteiger partial charge on any atom is 0.410 e. The van der Waals surface area contributed by atoms with E-state index in [0.29, 0.717) is 32.0 Å². The number of likely N-dealkylation sites (tertiary alicyclic amines) is 1. The lowest BCUT2D eigenvalue weighted by molar-refractivity contribution is 0.0346. The summed E-state index contributed by atoms with van der Waals surface area (Å²) in [7, 11) is 0. The predicted octanol–water partition coefficient (Wildman–Crippen LogP) is 4.86. The number of benzene rings is 2. The molecular formula is C23H28FNO3. The second kappa shape index (κ2) is 9.20. The molecule has 2 aromatic carbocycles. The van der Waals surface area contributed by atoms with Gasteiger partial charge >= 0.3 is 6.09 Å². The van der Waals surface area contributed by atoms with Crippen LogP contribution in [0.2, 0.25) is 0 Å². The molecule has 0 bridgehead atoms. The minimum absolute atomic E-state index is 0.263. The van der Waals surface area contributed by atoms with Gasteiger partial charge in [0.25, 0.3) is 0 Å². The van der Waals surface area contributed by atoms with Gasteiger partial charge in [-0.1, -0.05) is 42.5 Å². The minimum atomic E-state index is -0.973. The summed E-state index contributed by atoms with van der Waals surface area (Å²) in [6, 6.07) is 15.7. The zero-order valence-corrected chi connectivity index (χ0v) is 16.3. The van der Waals surface area contributed by atoms with Crippen LogP contribution in [-0.4, -0.2) is 29.2 Å². The van der Waals surface area contributed by atoms with Crippen LogP contribution in [0.5, 0.6) is 0 Å². The summed E-state index contributed by atoms with van der Waals surface area (Å²) < 4.78 is 18.5. The molecule has 0 aromatic heterocycles. The van der Waals surface area contributed by atoms with Gasteiger partial charge in [-0.3, -0.25) is 0 Å². The van der Waals surface area contributed by atoms with Crippen LogP contribution < -0.4 is 0 Å². The molecule has 0 aliphatic carbocycles. The monoisotopic (exact) mass is 385 g/mol. The van der Waals surface area contributed by atoms with Gasteiger partial charge in [-0.25, -0.2) is 9.18 Å². The molecule has 1 amide bonds. The van der Waals surface area contributed by atoms with Crippen LogP contribution in [0.4, 0.5) is 9.18 Å². The van der Waals surface area contributed by atoms with Gasteiger partial charge in [-0.05, 0) is 61.8 Å². The van der Waals surface area contributed by atoms with Gasteiger partial charge in [0, 0.05) is 13.1 Å². The van der Waals surface area contributed by atoms with Crippen LogP contribution >= 0.6 is 0 Å². The maximum atomic E-state index is 13.1. The first-order valence-corrected chi connectivity index (χ1v) is 9.88. The highest BCUT2D eigenvalue weighted by Gasteiger charge is 2.28. The topological polar surface area (TPSA) is 49.8 Å². The number of aliphatic hydroxyl groups is 1. The van der Waals surface area contributed by atoms with E-state index in [1.165, 1.54) is 12.1 Å². The van der Waals surface area contributed by atoms with E-state index in [1.54, 1.807) is 24.0 Å². The molecule has 5 heteroatoms.